The molecule has 0 heterocycles. The summed E-state index contributed by atoms with van der Waals surface area (Å²) in [6.07, 6.45) is 0.531. The molecule has 1 N–H and O–H groups in total. The Bertz CT molecular complexity index is 386. The zero-order valence-electron chi connectivity index (χ0n) is 9.83. The second kappa shape index (κ2) is 5.35. The van der Waals surface area contributed by atoms with E-state index >= 15 is 0 Å². The second-order valence-electron chi connectivity index (χ2n) is 4.44. The Kier molecular flexibility index (Phi) is 4.36. The molecule has 0 amide bonds. The molecule has 1 aromatic rings. The molecule has 0 bridgehead atoms. The highest BCUT2D eigenvalue weighted by Crippen LogP contribution is 2.25. The van der Waals surface area contributed by atoms with Gasteiger partial charge in [-0.2, -0.15) is 0 Å². The van der Waals surface area contributed by atoms with Crippen LogP contribution in [0.4, 0.5) is 0 Å². The number of hydrogen-bond acceptors (Lipinski definition) is 1. The predicted molar refractivity (Wildman–Crippen MR) is 66.0 cm³/mol. The van der Waals surface area contributed by atoms with Gasteiger partial charge in [0.15, 0.2) is 0 Å². The summed E-state index contributed by atoms with van der Waals surface area (Å²) >= 11 is 5.94. The minimum absolute atomic E-state index is 0.379. The molecular formula is C13H17ClO2. The van der Waals surface area contributed by atoms with Crippen LogP contribution in [-0.2, 0) is 11.2 Å². The molecule has 0 aromatic heterocycles. The van der Waals surface area contributed by atoms with Gasteiger partial charge in [-0.1, -0.05) is 38.4 Å². The van der Waals surface area contributed by atoms with Gasteiger partial charge < -0.3 is 5.11 Å². The van der Waals surface area contributed by atoms with E-state index in [2.05, 4.69) is 13.8 Å². The summed E-state index contributed by atoms with van der Waals surface area (Å²) in [5, 5.41) is 9.57. The molecule has 0 spiro atoms. The summed E-state index contributed by atoms with van der Waals surface area (Å²) in [7, 11) is 0. The molecule has 1 unspecified atom stereocenters. The maximum absolute atomic E-state index is 10.8. The van der Waals surface area contributed by atoms with Crippen LogP contribution in [0.5, 0.6) is 0 Å². The largest absolute Gasteiger partial charge is 0.481 e. The minimum Gasteiger partial charge on any atom is -0.481 e. The molecule has 1 atom stereocenters. The Morgan fingerprint density at radius 1 is 1.38 bits per heavy atom. The molecule has 0 saturated carbocycles. The smallest absolute Gasteiger partial charge is 0.306 e. The zero-order chi connectivity index (χ0) is 12.3. The van der Waals surface area contributed by atoms with E-state index in [0.29, 0.717) is 17.4 Å². The van der Waals surface area contributed by atoms with Crippen LogP contribution in [0.3, 0.4) is 0 Å². The van der Waals surface area contributed by atoms with Crippen LogP contribution in [0, 0.1) is 5.92 Å². The molecule has 0 fully saturated rings. The van der Waals surface area contributed by atoms with Crippen molar-refractivity contribution in [2.45, 2.75) is 33.1 Å². The van der Waals surface area contributed by atoms with Crippen LogP contribution in [0.25, 0.3) is 0 Å². The van der Waals surface area contributed by atoms with Gasteiger partial charge in [0, 0.05) is 5.02 Å². The molecule has 0 saturated heterocycles. The maximum Gasteiger partial charge on any atom is 0.306 e. The third-order valence-corrected chi connectivity index (χ3v) is 2.91. The third-order valence-electron chi connectivity index (χ3n) is 2.67. The van der Waals surface area contributed by atoms with Crippen molar-refractivity contribution in [1.29, 1.82) is 0 Å². The lowest BCUT2D eigenvalue weighted by Gasteiger charge is -2.15. The second-order valence-corrected chi connectivity index (χ2v) is 4.88. The summed E-state index contributed by atoms with van der Waals surface area (Å²) in [4.78, 5) is 10.8. The molecule has 1 aromatic carbocycles. The number of carboxylic acids is 1. The number of carbonyl (C=O) groups is 1. The Morgan fingerprint density at radius 2 is 2.00 bits per heavy atom. The lowest BCUT2D eigenvalue weighted by Crippen LogP contribution is -2.13. The molecule has 1 rings (SSSR count). The van der Waals surface area contributed by atoms with Gasteiger partial charge in [-0.25, -0.2) is 0 Å². The number of halogens is 1. The van der Waals surface area contributed by atoms with Gasteiger partial charge in [-0.05, 0) is 35.6 Å². The van der Waals surface area contributed by atoms with E-state index in [-0.39, 0.29) is 5.92 Å². The summed E-state index contributed by atoms with van der Waals surface area (Å²) in [6, 6.07) is 5.71. The first kappa shape index (κ1) is 13.0. The van der Waals surface area contributed by atoms with E-state index in [4.69, 9.17) is 16.7 Å². The van der Waals surface area contributed by atoms with E-state index in [1.807, 2.05) is 18.2 Å². The average molecular weight is 241 g/mol. The third kappa shape index (κ3) is 3.24. The van der Waals surface area contributed by atoms with Crippen molar-refractivity contribution in [3.05, 3.63) is 34.3 Å². The highest BCUT2D eigenvalue weighted by molar-refractivity contribution is 6.30. The van der Waals surface area contributed by atoms with Crippen molar-refractivity contribution in [3.8, 4) is 0 Å². The molecule has 0 radical (unpaired) electrons. The van der Waals surface area contributed by atoms with E-state index in [1.165, 1.54) is 5.56 Å². The molecule has 3 heteroatoms. The summed E-state index contributed by atoms with van der Waals surface area (Å²) in [5.41, 5.74) is 2.22. The van der Waals surface area contributed by atoms with Crippen molar-refractivity contribution in [2.24, 2.45) is 5.92 Å². The van der Waals surface area contributed by atoms with Crippen molar-refractivity contribution < 1.29 is 9.90 Å². The summed E-state index contributed by atoms with van der Waals surface area (Å²) in [5.74, 6) is -0.765. The van der Waals surface area contributed by atoms with Crippen LogP contribution >= 0.6 is 11.6 Å². The normalized spacial score (nSPS) is 12.8. The quantitative estimate of drug-likeness (QED) is 0.871. The number of benzene rings is 1. The van der Waals surface area contributed by atoms with Gasteiger partial charge in [0.25, 0.3) is 0 Å². The predicted octanol–water partition coefficient (Wildman–Crippen LogP) is 3.73. The monoisotopic (exact) mass is 240 g/mol. The Labute approximate surface area is 101 Å². The summed E-state index contributed by atoms with van der Waals surface area (Å²) < 4.78 is 0. The van der Waals surface area contributed by atoms with E-state index in [9.17, 15) is 4.79 Å². The van der Waals surface area contributed by atoms with Crippen LogP contribution in [0.2, 0.25) is 5.02 Å². The van der Waals surface area contributed by atoms with Gasteiger partial charge in [-0.15, -0.1) is 0 Å². The lowest BCUT2D eigenvalue weighted by molar-refractivity contribution is -0.141. The fourth-order valence-corrected chi connectivity index (χ4v) is 1.93. The molecular weight excluding hydrogens is 224 g/mol. The first-order valence-corrected chi connectivity index (χ1v) is 5.80. The lowest BCUT2D eigenvalue weighted by atomic mass is 9.91. The molecule has 2 nitrogen and oxygen atoms in total. The highest BCUT2D eigenvalue weighted by Gasteiger charge is 2.15. The van der Waals surface area contributed by atoms with Crippen molar-refractivity contribution in [2.75, 3.05) is 0 Å². The van der Waals surface area contributed by atoms with E-state index < -0.39 is 5.97 Å². The standard InChI is InChI=1S/C13H17ClO2/c1-8(2)12-5-4-11(14)7-10(12)6-9(3)13(15)16/h4-5,7-9H,6H2,1-3H3,(H,15,16). The number of carboxylic acid groups (broad SMARTS) is 1. The average Bonchev–Trinajstić information content (AvgIpc) is 2.16. The van der Waals surface area contributed by atoms with Gasteiger partial charge >= 0.3 is 5.97 Å². The molecule has 88 valence electrons. The molecule has 16 heavy (non-hydrogen) atoms. The van der Waals surface area contributed by atoms with Crippen LogP contribution in [0.1, 0.15) is 37.8 Å². The van der Waals surface area contributed by atoms with Gasteiger partial charge in [0.2, 0.25) is 0 Å². The van der Waals surface area contributed by atoms with Crippen LogP contribution in [0.15, 0.2) is 18.2 Å². The Morgan fingerprint density at radius 3 is 2.50 bits per heavy atom. The molecule has 0 aliphatic heterocycles. The SMILES string of the molecule is CC(Cc1cc(Cl)ccc1C(C)C)C(=O)O. The first-order chi connectivity index (χ1) is 7.41. The fourth-order valence-electron chi connectivity index (χ4n) is 1.73. The van der Waals surface area contributed by atoms with Gasteiger partial charge in [-0.3, -0.25) is 4.79 Å². The number of aliphatic carboxylic acids is 1. The number of rotatable bonds is 4. The highest BCUT2D eigenvalue weighted by atomic mass is 35.5. The minimum atomic E-state index is -0.769. The molecule has 0 aliphatic carbocycles. The number of hydrogen-bond donors (Lipinski definition) is 1. The maximum atomic E-state index is 10.8. The van der Waals surface area contributed by atoms with Crippen molar-refractivity contribution in [3.63, 3.8) is 0 Å². The van der Waals surface area contributed by atoms with Crippen LogP contribution < -0.4 is 0 Å². The Balaban J connectivity index is 3.01. The zero-order valence-corrected chi connectivity index (χ0v) is 10.6. The molecule has 0 aliphatic rings. The fraction of sp³-hybridized carbons (Fsp3) is 0.462. The first-order valence-electron chi connectivity index (χ1n) is 5.43. The van der Waals surface area contributed by atoms with Crippen molar-refractivity contribution in [1.82, 2.24) is 0 Å². The van der Waals surface area contributed by atoms with E-state index in [1.54, 1.807) is 6.92 Å². The summed E-state index contributed by atoms with van der Waals surface area (Å²) in [6.45, 7) is 5.91. The van der Waals surface area contributed by atoms with E-state index in [0.717, 1.165) is 5.56 Å². The van der Waals surface area contributed by atoms with Gasteiger partial charge in [0.05, 0.1) is 5.92 Å². The topological polar surface area (TPSA) is 37.3 Å². The van der Waals surface area contributed by atoms with Crippen molar-refractivity contribution >= 4 is 17.6 Å². The van der Waals surface area contributed by atoms with Gasteiger partial charge in [0.1, 0.15) is 0 Å². The van der Waals surface area contributed by atoms with Crippen LogP contribution in [-0.4, -0.2) is 11.1 Å². The Hall–Kier alpha value is -1.02.